The number of hydroxylamine groups is 2. The Morgan fingerprint density at radius 3 is 2.64 bits per heavy atom. The number of nitrogens with zero attached hydrogens (tertiary/aromatic N) is 1. The molecule has 39 heavy (non-hydrogen) atoms. The molecule has 210 valence electrons. The fourth-order valence-electron chi connectivity index (χ4n) is 9.01. The SMILES string of the molecule is CC12C=CC(=O)C=C1[C@@H](F)CC1[C@]2(F)C(O)CC2(C)[C@@]1(N)C[C@H]1CN(CCCc3ccccc3)O[C@]12C(=O)O. The first-order chi connectivity index (χ1) is 18.3. The molecule has 4 unspecified atom stereocenters. The number of carboxylic acids is 1. The molecule has 1 aliphatic heterocycles. The van der Waals surface area contributed by atoms with Crippen LogP contribution in [0.3, 0.4) is 0 Å². The largest absolute Gasteiger partial charge is 0.479 e. The fraction of sp³-hybridized carbons (Fsp3) is 0.600. The molecule has 3 saturated carbocycles. The number of rotatable bonds is 5. The Kier molecular flexibility index (Phi) is 5.84. The maximum absolute atomic E-state index is 17.5. The van der Waals surface area contributed by atoms with Crippen LogP contribution in [0.1, 0.15) is 45.1 Å². The first-order valence-corrected chi connectivity index (χ1v) is 13.8. The minimum atomic E-state index is -2.39. The van der Waals surface area contributed by atoms with E-state index in [0.717, 1.165) is 18.9 Å². The number of allylic oxidation sites excluding steroid dienone is 4. The molecule has 0 radical (unpaired) electrons. The Labute approximate surface area is 226 Å². The van der Waals surface area contributed by atoms with Crippen LogP contribution in [0.15, 0.2) is 54.1 Å². The van der Waals surface area contributed by atoms with Gasteiger partial charge in [0.1, 0.15) is 6.17 Å². The summed E-state index contributed by atoms with van der Waals surface area (Å²) in [5, 5.41) is 23.9. The number of aliphatic hydroxyl groups excluding tert-OH is 1. The van der Waals surface area contributed by atoms with E-state index in [2.05, 4.69) is 0 Å². The monoisotopic (exact) mass is 542 g/mol. The normalized spacial score (nSPS) is 46.7. The summed E-state index contributed by atoms with van der Waals surface area (Å²) >= 11 is 0. The number of halogens is 2. The van der Waals surface area contributed by atoms with Gasteiger partial charge in [0, 0.05) is 41.3 Å². The molecule has 1 heterocycles. The molecule has 1 aromatic rings. The molecular weight excluding hydrogens is 506 g/mol. The smallest absolute Gasteiger partial charge is 0.339 e. The van der Waals surface area contributed by atoms with Crippen molar-refractivity contribution in [2.45, 2.75) is 75.0 Å². The number of fused-ring (bicyclic) bond motifs is 7. The number of alkyl halides is 2. The summed E-state index contributed by atoms with van der Waals surface area (Å²) in [7, 11) is 0. The number of hydrogen-bond donors (Lipinski definition) is 3. The zero-order chi connectivity index (χ0) is 28.0. The van der Waals surface area contributed by atoms with Gasteiger partial charge in [0.05, 0.1) is 6.10 Å². The number of aryl methyl sites for hydroxylation is 1. The van der Waals surface area contributed by atoms with Crippen LogP contribution in [0.25, 0.3) is 0 Å². The van der Waals surface area contributed by atoms with Crippen LogP contribution in [0.5, 0.6) is 0 Å². The molecule has 1 saturated heterocycles. The minimum Gasteiger partial charge on any atom is -0.479 e. The van der Waals surface area contributed by atoms with Crippen molar-refractivity contribution in [3.8, 4) is 0 Å². The van der Waals surface area contributed by atoms with E-state index < -0.39 is 63.5 Å². The quantitative estimate of drug-likeness (QED) is 0.523. The maximum atomic E-state index is 17.5. The number of ketones is 1. The van der Waals surface area contributed by atoms with Gasteiger partial charge in [0.15, 0.2) is 17.1 Å². The Balaban J connectivity index is 1.34. The summed E-state index contributed by atoms with van der Waals surface area (Å²) in [4.78, 5) is 31.4. The molecule has 6 rings (SSSR count). The second kappa shape index (κ2) is 8.52. The summed E-state index contributed by atoms with van der Waals surface area (Å²) in [6, 6.07) is 9.97. The first-order valence-electron chi connectivity index (χ1n) is 13.8. The molecule has 1 aromatic carbocycles. The Bertz CT molecular complexity index is 1270. The van der Waals surface area contributed by atoms with Crippen molar-refractivity contribution in [1.82, 2.24) is 5.06 Å². The molecule has 0 bridgehead atoms. The number of aliphatic hydroxyl groups is 1. The lowest BCUT2D eigenvalue weighted by molar-refractivity contribution is -0.277. The highest BCUT2D eigenvalue weighted by atomic mass is 19.1. The van der Waals surface area contributed by atoms with Crippen LogP contribution < -0.4 is 5.73 Å². The van der Waals surface area contributed by atoms with Crippen molar-refractivity contribution in [2.75, 3.05) is 13.1 Å². The molecule has 7 nitrogen and oxygen atoms in total. The number of carbonyl (C=O) groups is 2. The van der Waals surface area contributed by atoms with Crippen molar-refractivity contribution in [3.63, 3.8) is 0 Å². The van der Waals surface area contributed by atoms with Crippen LogP contribution in [0.2, 0.25) is 0 Å². The van der Waals surface area contributed by atoms with Gasteiger partial charge in [-0.25, -0.2) is 13.6 Å². The number of carbonyl (C=O) groups excluding carboxylic acids is 1. The molecule has 4 N–H and O–H groups in total. The van der Waals surface area contributed by atoms with Crippen molar-refractivity contribution < 1.29 is 33.4 Å². The molecule has 0 aromatic heterocycles. The Hall–Kier alpha value is -2.46. The fourth-order valence-corrected chi connectivity index (χ4v) is 9.01. The second-order valence-electron chi connectivity index (χ2n) is 12.7. The highest BCUT2D eigenvalue weighted by Gasteiger charge is 2.84. The van der Waals surface area contributed by atoms with Crippen LogP contribution >= 0.6 is 0 Å². The van der Waals surface area contributed by atoms with Crippen LogP contribution in [0, 0.1) is 22.7 Å². The van der Waals surface area contributed by atoms with E-state index in [9.17, 15) is 19.8 Å². The van der Waals surface area contributed by atoms with E-state index in [1.54, 1.807) is 12.0 Å². The highest BCUT2D eigenvalue weighted by molar-refractivity contribution is 6.01. The number of benzene rings is 1. The van der Waals surface area contributed by atoms with Crippen LogP contribution in [-0.4, -0.2) is 69.2 Å². The van der Waals surface area contributed by atoms with E-state index >= 15 is 8.78 Å². The van der Waals surface area contributed by atoms with Gasteiger partial charge in [-0.05, 0) is 62.3 Å². The first kappa shape index (κ1) is 26.7. The molecule has 9 atom stereocenters. The van der Waals surface area contributed by atoms with Gasteiger partial charge >= 0.3 is 5.97 Å². The van der Waals surface area contributed by atoms with E-state index in [1.165, 1.54) is 24.6 Å². The average Bonchev–Trinajstić information content (AvgIpc) is 3.34. The zero-order valence-electron chi connectivity index (χ0n) is 22.3. The molecular formula is C30H36F2N2O5. The molecule has 0 spiro atoms. The predicted molar refractivity (Wildman–Crippen MR) is 139 cm³/mol. The van der Waals surface area contributed by atoms with Crippen molar-refractivity contribution in [3.05, 3.63) is 59.7 Å². The number of hydrogen-bond acceptors (Lipinski definition) is 6. The van der Waals surface area contributed by atoms with E-state index in [-0.39, 0.29) is 24.8 Å². The van der Waals surface area contributed by atoms with Crippen LogP contribution in [-0.2, 0) is 20.8 Å². The average molecular weight is 543 g/mol. The standard InChI is InChI=1S/C30H36F2N2O5/c1-26-11-10-20(35)13-21(26)22(31)14-23-28(33)15-19-17-34(12-6-9-18-7-4-3-5-8-18)39-30(19,25(37)38)27(28,2)16-24(36)29(23,26)32/h3-5,7-8,10-11,13,19,22-24,36H,6,9,12,14-17,33H2,1-2H3,(H,37,38)/t19-,22-,23?,24?,26?,27?,28+,29-,30-/m0/s1. The summed E-state index contributed by atoms with van der Waals surface area (Å²) in [5.74, 6) is -3.38. The van der Waals surface area contributed by atoms with Gasteiger partial charge in [0.25, 0.3) is 0 Å². The molecule has 4 fully saturated rings. The highest BCUT2D eigenvalue weighted by Crippen LogP contribution is 2.73. The Morgan fingerprint density at radius 2 is 1.95 bits per heavy atom. The third-order valence-electron chi connectivity index (χ3n) is 11.0. The predicted octanol–water partition coefficient (Wildman–Crippen LogP) is 3.32. The minimum absolute atomic E-state index is 0.00647. The van der Waals surface area contributed by atoms with E-state index in [4.69, 9.17) is 10.6 Å². The van der Waals surface area contributed by atoms with E-state index in [1.807, 2.05) is 30.3 Å². The molecule has 9 heteroatoms. The van der Waals surface area contributed by atoms with Gasteiger partial charge in [-0.15, -0.1) is 0 Å². The zero-order valence-corrected chi connectivity index (χ0v) is 22.3. The van der Waals surface area contributed by atoms with Gasteiger partial charge in [-0.3, -0.25) is 9.63 Å². The maximum Gasteiger partial charge on any atom is 0.339 e. The second-order valence-corrected chi connectivity index (χ2v) is 12.7. The van der Waals surface area contributed by atoms with Crippen molar-refractivity contribution in [2.24, 2.45) is 28.4 Å². The number of nitrogens with two attached hydrogens (primary N) is 1. The molecule has 5 aliphatic rings. The van der Waals surface area contributed by atoms with Crippen LogP contribution in [0.4, 0.5) is 8.78 Å². The molecule has 0 amide bonds. The van der Waals surface area contributed by atoms with Crippen molar-refractivity contribution in [1.29, 1.82) is 0 Å². The van der Waals surface area contributed by atoms with E-state index in [0.29, 0.717) is 13.1 Å². The lowest BCUT2D eigenvalue weighted by Gasteiger charge is -2.66. The van der Waals surface area contributed by atoms with Crippen molar-refractivity contribution >= 4 is 11.8 Å². The molecule has 4 aliphatic carbocycles. The summed E-state index contributed by atoms with van der Waals surface area (Å²) in [6.45, 7) is 3.97. The van der Waals surface area contributed by atoms with Gasteiger partial charge in [0.2, 0.25) is 0 Å². The lowest BCUT2D eigenvalue weighted by Crippen LogP contribution is -2.79. The Morgan fingerprint density at radius 1 is 1.23 bits per heavy atom. The third-order valence-corrected chi connectivity index (χ3v) is 11.0. The van der Waals surface area contributed by atoms with Gasteiger partial charge < -0.3 is 15.9 Å². The topological polar surface area (TPSA) is 113 Å². The summed E-state index contributed by atoms with van der Waals surface area (Å²) in [5.41, 5.74) is -0.305. The summed E-state index contributed by atoms with van der Waals surface area (Å²) in [6.07, 6.45) is 1.47. The van der Waals surface area contributed by atoms with Gasteiger partial charge in [-0.1, -0.05) is 43.3 Å². The summed E-state index contributed by atoms with van der Waals surface area (Å²) < 4.78 is 33.2. The third kappa shape index (κ3) is 3.21. The van der Waals surface area contributed by atoms with Gasteiger partial charge in [-0.2, -0.15) is 5.06 Å². The lowest BCUT2D eigenvalue weighted by atomic mass is 9.42. The number of carboxylic acid groups (broad SMARTS) is 1. The number of aliphatic carboxylic acids is 1.